The lowest BCUT2D eigenvalue weighted by molar-refractivity contribution is -0.128. The molecule has 132 valence electrons. The minimum Gasteiger partial charge on any atom is -0.480 e. The van der Waals surface area contributed by atoms with Crippen LogP contribution in [0, 0.1) is 0 Å². The summed E-state index contributed by atoms with van der Waals surface area (Å²) >= 11 is 0. The Bertz CT molecular complexity index is 567. The van der Waals surface area contributed by atoms with Crippen LogP contribution >= 0.6 is 0 Å². The Hall–Kier alpha value is -1.59. The van der Waals surface area contributed by atoms with Crippen LogP contribution in [-0.4, -0.2) is 54.3 Å². The summed E-state index contributed by atoms with van der Waals surface area (Å²) in [6, 6.07) is 7.85. The number of benzene rings is 1. The summed E-state index contributed by atoms with van der Waals surface area (Å²) in [6.07, 6.45) is 0.669. The largest absolute Gasteiger partial charge is 0.480 e. The van der Waals surface area contributed by atoms with E-state index in [9.17, 15) is 4.79 Å². The highest BCUT2D eigenvalue weighted by atomic mass is 16.5. The summed E-state index contributed by atoms with van der Waals surface area (Å²) in [4.78, 5) is 14.9. The van der Waals surface area contributed by atoms with Crippen LogP contribution < -0.4 is 10.1 Å². The Balaban J connectivity index is 1.54. The van der Waals surface area contributed by atoms with E-state index in [2.05, 4.69) is 37.9 Å². The second kappa shape index (κ2) is 6.73. The zero-order chi connectivity index (χ0) is 17.3. The first-order chi connectivity index (χ1) is 11.3. The molecule has 0 radical (unpaired) electrons. The first-order valence-electron chi connectivity index (χ1n) is 8.78. The average molecular weight is 332 g/mol. The molecule has 0 spiro atoms. The van der Waals surface area contributed by atoms with Crippen molar-refractivity contribution in [2.75, 3.05) is 19.6 Å². The molecule has 2 heterocycles. The summed E-state index contributed by atoms with van der Waals surface area (Å²) in [7, 11) is 0. The van der Waals surface area contributed by atoms with Crippen LogP contribution in [0.5, 0.6) is 5.75 Å². The summed E-state index contributed by atoms with van der Waals surface area (Å²) in [5.74, 6) is 0.793. The molecule has 1 aromatic carbocycles. The topological polar surface area (TPSA) is 50.8 Å². The lowest BCUT2D eigenvalue weighted by atomic mass is 10.00. The molecule has 0 saturated carbocycles. The quantitative estimate of drug-likeness (QED) is 0.916. The normalized spacial score (nSPS) is 27.4. The number of carbonyl (C=O) groups excluding carboxylic acids is 1. The van der Waals surface area contributed by atoms with Gasteiger partial charge in [0.2, 0.25) is 0 Å². The van der Waals surface area contributed by atoms with Crippen molar-refractivity contribution in [2.24, 2.45) is 0 Å². The van der Waals surface area contributed by atoms with E-state index in [0.29, 0.717) is 13.0 Å². The maximum Gasteiger partial charge on any atom is 0.261 e. The predicted molar refractivity (Wildman–Crippen MR) is 93.2 cm³/mol. The van der Waals surface area contributed by atoms with E-state index in [-0.39, 0.29) is 23.7 Å². The van der Waals surface area contributed by atoms with Gasteiger partial charge in [-0.25, -0.2) is 0 Å². The predicted octanol–water partition coefficient (Wildman–Crippen LogP) is 1.99. The monoisotopic (exact) mass is 332 g/mol. The van der Waals surface area contributed by atoms with Crippen molar-refractivity contribution < 1.29 is 14.3 Å². The highest BCUT2D eigenvalue weighted by Gasteiger charge is 2.35. The van der Waals surface area contributed by atoms with E-state index < -0.39 is 6.10 Å². The lowest BCUT2D eigenvalue weighted by Gasteiger charge is -2.45. The Labute approximate surface area is 144 Å². The Kier molecular flexibility index (Phi) is 4.83. The van der Waals surface area contributed by atoms with Gasteiger partial charge in [-0.1, -0.05) is 18.2 Å². The highest BCUT2D eigenvalue weighted by Crippen LogP contribution is 2.28. The molecule has 3 rings (SSSR count). The van der Waals surface area contributed by atoms with Gasteiger partial charge in [-0.05, 0) is 39.3 Å². The molecule has 1 aromatic rings. The smallest absolute Gasteiger partial charge is 0.261 e. The van der Waals surface area contributed by atoms with Crippen molar-refractivity contribution in [1.29, 1.82) is 0 Å². The number of para-hydroxylation sites is 1. The van der Waals surface area contributed by atoms with Crippen LogP contribution in [0.25, 0.3) is 0 Å². The summed E-state index contributed by atoms with van der Waals surface area (Å²) in [5, 5.41) is 3.08. The molecular formula is C19H28N2O3. The standard InChI is InChI=1S/C19H28N2O3/c1-13-10-21(11-14(2)23-13)19(3,4)12-20-18(22)17-9-15-7-5-6-8-16(15)24-17/h5-8,13-14,17H,9-12H2,1-4H3,(H,20,22). The minimum atomic E-state index is -0.416. The van der Waals surface area contributed by atoms with Crippen LogP contribution in [0.4, 0.5) is 0 Å². The number of nitrogens with one attached hydrogen (secondary N) is 1. The van der Waals surface area contributed by atoms with Gasteiger partial charge >= 0.3 is 0 Å². The van der Waals surface area contributed by atoms with Gasteiger partial charge in [-0.15, -0.1) is 0 Å². The lowest BCUT2D eigenvalue weighted by Crippen LogP contribution is -2.59. The number of rotatable bonds is 4. The minimum absolute atomic E-state index is 0.0337. The fourth-order valence-electron chi connectivity index (χ4n) is 3.53. The summed E-state index contributed by atoms with van der Waals surface area (Å²) < 4.78 is 11.6. The molecule has 0 bridgehead atoms. The van der Waals surface area contributed by atoms with E-state index >= 15 is 0 Å². The van der Waals surface area contributed by atoms with Gasteiger partial charge in [0.05, 0.1) is 12.2 Å². The highest BCUT2D eigenvalue weighted by molar-refractivity contribution is 5.82. The van der Waals surface area contributed by atoms with Gasteiger partial charge in [-0.3, -0.25) is 9.69 Å². The molecule has 24 heavy (non-hydrogen) atoms. The van der Waals surface area contributed by atoms with Crippen molar-refractivity contribution in [2.45, 2.75) is 58.0 Å². The van der Waals surface area contributed by atoms with Gasteiger partial charge in [0.25, 0.3) is 5.91 Å². The second-order valence-corrected chi connectivity index (χ2v) is 7.61. The van der Waals surface area contributed by atoms with Gasteiger partial charge < -0.3 is 14.8 Å². The van der Waals surface area contributed by atoms with Crippen LogP contribution in [0.2, 0.25) is 0 Å². The molecule has 5 nitrogen and oxygen atoms in total. The SMILES string of the molecule is CC1CN(C(C)(C)CNC(=O)C2Cc3ccccc3O2)CC(C)O1. The number of carbonyl (C=O) groups is 1. The Morgan fingerprint density at radius 1 is 1.25 bits per heavy atom. The first-order valence-corrected chi connectivity index (χ1v) is 8.78. The second-order valence-electron chi connectivity index (χ2n) is 7.61. The third kappa shape index (κ3) is 3.73. The van der Waals surface area contributed by atoms with Crippen molar-refractivity contribution in [3.05, 3.63) is 29.8 Å². The fraction of sp³-hybridized carbons (Fsp3) is 0.632. The van der Waals surface area contributed by atoms with Crippen LogP contribution in [0.15, 0.2) is 24.3 Å². The summed E-state index contributed by atoms with van der Waals surface area (Å²) in [5.41, 5.74) is 0.987. The molecule has 2 aliphatic rings. The van der Waals surface area contributed by atoms with E-state index in [1.807, 2.05) is 24.3 Å². The number of hydrogen-bond acceptors (Lipinski definition) is 4. The number of fused-ring (bicyclic) bond motifs is 1. The fourth-order valence-corrected chi connectivity index (χ4v) is 3.53. The molecular weight excluding hydrogens is 304 g/mol. The van der Waals surface area contributed by atoms with E-state index in [4.69, 9.17) is 9.47 Å². The number of ether oxygens (including phenoxy) is 2. The molecule has 3 atom stereocenters. The molecule has 0 aromatic heterocycles. The van der Waals surface area contributed by atoms with Crippen molar-refractivity contribution in [1.82, 2.24) is 10.2 Å². The van der Waals surface area contributed by atoms with Gasteiger partial charge in [-0.2, -0.15) is 0 Å². The molecule has 1 saturated heterocycles. The van der Waals surface area contributed by atoms with Crippen molar-refractivity contribution in [3.63, 3.8) is 0 Å². The van der Waals surface area contributed by atoms with Crippen LogP contribution in [0.1, 0.15) is 33.3 Å². The maximum atomic E-state index is 12.5. The molecule has 5 heteroatoms. The summed E-state index contributed by atoms with van der Waals surface area (Å²) in [6.45, 7) is 10.9. The average Bonchev–Trinajstić information content (AvgIpc) is 2.96. The van der Waals surface area contributed by atoms with E-state index in [0.717, 1.165) is 24.4 Å². The Morgan fingerprint density at radius 2 is 1.92 bits per heavy atom. The first kappa shape index (κ1) is 17.2. The molecule has 2 aliphatic heterocycles. The van der Waals surface area contributed by atoms with Crippen molar-refractivity contribution in [3.8, 4) is 5.75 Å². The number of amides is 1. The van der Waals surface area contributed by atoms with Gasteiger partial charge in [0, 0.05) is 31.6 Å². The van der Waals surface area contributed by atoms with Crippen LogP contribution in [0.3, 0.4) is 0 Å². The number of nitrogens with zero attached hydrogens (tertiary/aromatic N) is 1. The van der Waals surface area contributed by atoms with Crippen molar-refractivity contribution >= 4 is 5.91 Å². The number of hydrogen-bond donors (Lipinski definition) is 1. The van der Waals surface area contributed by atoms with E-state index in [1.54, 1.807) is 0 Å². The van der Waals surface area contributed by atoms with Gasteiger partial charge in [0.1, 0.15) is 5.75 Å². The molecule has 1 N–H and O–H groups in total. The Morgan fingerprint density at radius 3 is 2.58 bits per heavy atom. The number of morpholine rings is 1. The third-order valence-corrected chi connectivity index (χ3v) is 4.91. The van der Waals surface area contributed by atoms with Crippen LogP contribution in [-0.2, 0) is 16.0 Å². The molecule has 0 aliphatic carbocycles. The van der Waals surface area contributed by atoms with E-state index in [1.165, 1.54) is 0 Å². The zero-order valence-corrected chi connectivity index (χ0v) is 15.0. The van der Waals surface area contributed by atoms with Gasteiger partial charge in [0.15, 0.2) is 6.10 Å². The third-order valence-electron chi connectivity index (χ3n) is 4.91. The molecule has 1 fully saturated rings. The maximum absolute atomic E-state index is 12.5. The molecule has 1 amide bonds. The molecule has 3 unspecified atom stereocenters. The zero-order valence-electron chi connectivity index (χ0n) is 15.0.